The lowest BCUT2D eigenvalue weighted by atomic mass is 10.2. The number of aromatic nitrogens is 4. The molecule has 2 saturated heterocycles. The predicted molar refractivity (Wildman–Crippen MR) is 115 cm³/mol. The molecule has 0 saturated carbocycles. The highest BCUT2D eigenvalue weighted by Crippen LogP contribution is 2.27. The summed E-state index contributed by atoms with van der Waals surface area (Å²) >= 11 is 0. The molecule has 6 N–H and O–H groups in total. The average Bonchev–Trinajstić information content (AvgIpc) is 3.40. The molecule has 0 unspecified atom stereocenters. The minimum Gasteiger partial charge on any atom is -0.394 e. The van der Waals surface area contributed by atoms with Gasteiger partial charge in [0.25, 0.3) is 5.56 Å². The van der Waals surface area contributed by atoms with Crippen molar-refractivity contribution in [3.8, 4) is 0 Å². The maximum atomic E-state index is 11.7. The van der Waals surface area contributed by atoms with E-state index in [1.54, 1.807) is 19.2 Å². The molecule has 182 valence electrons. The number of hydrogen-bond acceptors (Lipinski definition) is 10. The van der Waals surface area contributed by atoms with Crippen molar-refractivity contribution in [3.63, 3.8) is 0 Å². The molecule has 2 aliphatic heterocycles. The van der Waals surface area contributed by atoms with Gasteiger partial charge < -0.3 is 30.5 Å². The molecule has 2 fully saturated rings. The van der Waals surface area contributed by atoms with Gasteiger partial charge in [0, 0.05) is 24.4 Å². The van der Waals surface area contributed by atoms with E-state index in [1.165, 1.54) is 15.3 Å². The molecule has 5 atom stereocenters. The fraction of sp³-hybridized carbons (Fsp3) is 0.600. The Morgan fingerprint density at radius 1 is 1.15 bits per heavy atom. The summed E-state index contributed by atoms with van der Waals surface area (Å²) in [6, 6.07) is 1.55. The van der Waals surface area contributed by atoms with Gasteiger partial charge in [0.1, 0.15) is 24.4 Å². The SMILES string of the molecule is CCc1cn([C@H]2C[C@H](O)[C@@H](CO)O2)c(=O)[nH]c1=O.Nc1ccn([C@H]2CC[C@@H](CO)O2)c(=O)n1. The first kappa shape index (κ1) is 24.8. The van der Waals surface area contributed by atoms with Gasteiger partial charge in [-0.25, -0.2) is 9.59 Å². The molecule has 0 aliphatic carbocycles. The number of hydrogen-bond donors (Lipinski definition) is 5. The van der Waals surface area contributed by atoms with Crippen LogP contribution in [0.1, 0.15) is 44.2 Å². The van der Waals surface area contributed by atoms with Crippen molar-refractivity contribution in [1.82, 2.24) is 19.1 Å². The molecule has 13 nitrogen and oxygen atoms in total. The van der Waals surface area contributed by atoms with Gasteiger partial charge in [0.05, 0.1) is 25.4 Å². The molecule has 0 spiro atoms. The van der Waals surface area contributed by atoms with Crippen molar-refractivity contribution < 1.29 is 24.8 Å². The van der Waals surface area contributed by atoms with Crippen molar-refractivity contribution in [3.05, 3.63) is 55.3 Å². The van der Waals surface area contributed by atoms with Gasteiger partial charge in [-0.2, -0.15) is 4.98 Å². The number of anilines is 1. The number of rotatable bonds is 5. The van der Waals surface area contributed by atoms with Crippen LogP contribution in [0.4, 0.5) is 5.82 Å². The maximum absolute atomic E-state index is 11.7. The summed E-state index contributed by atoms with van der Waals surface area (Å²) in [7, 11) is 0. The number of H-pyrrole nitrogens is 1. The van der Waals surface area contributed by atoms with Crippen molar-refractivity contribution in [2.45, 2.75) is 63.4 Å². The third-order valence-corrected chi connectivity index (χ3v) is 5.57. The Hall–Kier alpha value is -2.84. The van der Waals surface area contributed by atoms with Gasteiger partial charge in [-0.3, -0.25) is 18.9 Å². The fourth-order valence-corrected chi connectivity index (χ4v) is 3.71. The highest BCUT2D eigenvalue weighted by molar-refractivity contribution is 5.23. The second kappa shape index (κ2) is 10.9. The molecule has 33 heavy (non-hydrogen) atoms. The Bertz CT molecular complexity index is 1110. The Kier molecular flexibility index (Phi) is 8.15. The largest absolute Gasteiger partial charge is 0.394 e. The molecule has 2 aromatic rings. The normalized spacial score (nSPS) is 26.7. The van der Waals surface area contributed by atoms with Crippen molar-refractivity contribution in [1.29, 1.82) is 0 Å². The lowest BCUT2D eigenvalue weighted by Gasteiger charge is -2.14. The molecule has 13 heteroatoms. The summed E-state index contributed by atoms with van der Waals surface area (Å²) in [5.74, 6) is 0.202. The molecule has 4 heterocycles. The van der Waals surface area contributed by atoms with E-state index in [0.29, 0.717) is 18.4 Å². The molecule has 0 amide bonds. The van der Waals surface area contributed by atoms with E-state index in [9.17, 15) is 19.5 Å². The lowest BCUT2D eigenvalue weighted by Crippen LogP contribution is -2.34. The van der Waals surface area contributed by atoms with Crippen molar-refractivity contribution in [2.24, 2.45) is 0 Å². The van der Waals surface area contributed by atoms with E-state index in [-0.39, 0.29) is 37.8 Å². The summed E-state index contributed by atoms with van der Waals surface area (Å²) in [4.78, 5) is 40.4. The van der Waals surface area contributed by atoms with Gasteiger partial charge in [0.2, 0.25) is 0 Å². The maximum Gasteiger partial charge on any atom is 0.351 e. The minimum absolute atomic E-state index is 0.0202. The average molecular weight is 467 g/mol. The first-order chi connectivity index (χ1) is 15.8. The molecule has 0 bridgehead atoms. The number of nitrogens with zero attached hydrogens (tertiary/aromatic N) is 3. The monoisotopic (exact) mass is 467 g/mol. The smallest absolute Gasteiger partial charge is 0.351 e. The number of nitrogen functional groups attached to an aromatic ring is 1. The number of aliphatic hydroxyl groups excluding tert-OH is 3. The highest BCUT2D eigenvalue weighted by Gasteiger charge is 2.35. The zero-order chi connectivity index (χ0) is 24.1. The van der Waals surface area contributed by atoms with Crippen LogP contribution < -0.4 is 22.7 Å². The summed E-state index contributed by atoms with van der Waals surface area (Å²) in [5, 5.41) is 27.5. The van der Waals surface area contributed by atoms with Crippen molar-refractivity contribution >= 4 is 5.82 Å². The number of aliphatic hydroxyl groups is 3. The quantitative estimate of drug-likeness (QED) is 0.336. The summed E-state index contributed by atoms with van der Waals surface area (Å²) in [6.07, 6.45) is 2.48. The first-order valence-corrected chi connectivity index (χ1v) is 10.7. The van der Waals surface area contributed by atoms with Gasteiger partial charge in [-0.05, 0) is 25.3 Å². The fourth-order valence-electron chi connectivity index (χ4n) is 3.71. The lowest BCUT2D eigenvalue weighted by molar-refractivity contribution is -0.0459. The number of nitrogens with two attached hydrogens (primary N) is 1. The number of aryl methyl sites for hydroxylation is 1. The third kappa shape index (κ3) is 5.75. The van der Waals surface area contributed by atoms with Crippen LogP contribution >= 0.6 is 0 Å². The number of ether oxygens (including phenoxy) is 2. The topological polar surface area (TPSA) is 195 Å². The van der Waals surface area contributed by atoms with E-state index < -0.39 is 35.4 Å². The zero-order valence-corrected chi connectivity index (χ0v) is 18.2. The van der Waals surface area contributed by atoms with Gasteiger partial charge >= 0.3 is 11.4 Å². The summed E-state index contributed by atoms with van der Waals surface area (Å²) in [5.41, 5.74) is 4.45. The van der Waals surface area contributed by atoms with E-state index in [0.717, 1.165) is 6.42 Å². The Labute approximate surface area is 188 Å². The summed E-state index contributed by atoms with van der Waals surface area (Å²) < 4.78 is 13.5. The number of nitrogens with one attached hydrogen (secondary N) is 1. The first-order valence-electron chi connectivity index (χ1n) is 10.7. The van der Waals surface area contributed by atoms with Crippen LogP contribution in [0.25, 0.3) is 0 Å². The zero-order valence-electron chi connectivity index (χ0n) is 18.2. The van der Waals surface area contributed by atoms with Crippen LogP contribution in [-0.2, 0) is 15.9 Å². The summed E-state index contributed by atoms with van der Waals surface area (Å²) in [6.45, 7) is 1.48. The van der Waals surface area contributed by atoms with Crippen LogP contribution in [0.15, 0.2) is 32.8 Å². The second-order valence-electron chi connectivity index (χ2n) is 7.80. The van der Waals surface area contributed by atoms with Crippen LogP contribution in [0.2, 0.25) is 0 Å². The second-order valence-corrected chi connectivity index (χ2v) is 7.80. The molecule has 0 aromatic carbocycles. The Balaban J connectivity index is 0.000000189. The Morgan fingerprint density at radius 3 is 2.48 bits per heavy atom. The van der Waals surface area contributed by atoms with Crippen molar-refractivity contribution in [2.75, 3.05) is 18.9 Å². The predicted octanol–water partition coefficient (Wildman–Crippen LogP) is -1.76. The standard InChI is InChI=1S/C11H16N2O5.C9H13N3O3/c1-2-6-4-13(11(17)12-10(6)16)9-3-7(15)8(5-14)18-9;10-7-3-4-12(9(14)11-7)8-2-1-6(5-13)15-8/h4,7-9,14-15H,2-3,5H2,1H3,(H,12,16,17);3-4,6,8,13H,1-2,5H2,(H2,10,11,14)/t7-,8+,9+;6-,8+/m00/s1. The van der Waals surface area contributed by atoms with E-state index >= 15 is 0 Å². The molecular formula is C20H29N5O8. The minimum atomic E-state index is -0.816. The van der Waals surface area contributed by atoms with Gasteiger partial charge in [-0.15, -0.1) is 0 Å². The molecule has 2 aliphatic rings. The van der Waals surface area contributed by atoms with Gasteiger partial charge in [0.15, 0.2) is 0 Å². The third-order valence-electron chi connectivity index (χ3n) is 5.57. The van der Waals surface area contributed by atoms with E-state index in [2.05, 4.69) is 9.97 Å². The van der Waals surface area contributed by atoms with Crippen LogP contribution in [-0.4, -0.2) is 65.9 Å². The van der Waals surface area contributed by atoms with Crippen LogP contribution in [0.3, 0.4) is 0 Å². The Morgan fingerprint density at radius 2 is 1.91 bits per heavy atom. The molecule has 2 aromatic heterocycles. The van der Waals surface area contributed by atoms with Crippen LogP contribution in [0.5, 0.6) is 0 Å². The molecule has 4 rings (SSSR count). The van der Waals surface area contributed by atoms with Gasteiger partial charge in [-0.1, -0.05) is 6.92 Å². The molecule has 0 radical (unpaired) electrons. The van der Waals surface area contributed by atoms with Crippen LogP contribution in [0, 0.1) is 0 Å². The molecular weight excluding hydrogens is 438 g/mol. The van der Waals surface area contributed by atoms with E-state index in [4.69, 9.17) is 25.4 Å². The van der Waals surface area contributed by atoms with E-state index in [1.807, 2.05) is 0 Å². The number of aromatic amines is 1. The highest BCUT2D eigenvalue weighted by atomic mass is 16.5.